The number of amides is 2. The van der Waals surface area contributed by atoms with E-state index in [4.69, 9.17) is 0 Å². The van der Waals surface area contributed by atoms with Crippen LogP contribution in [0.25, 0.3) is 5.13 Å². The molecule has 11 nitrogen and oxygen atoms in total. The second-order valence-electron chi connectivity index (χ2n) is 6.86. The van der Waals surface area contributed by atoms with Crippen molar-refractivity contribution in [3.63, 3.8) is 0 Å². The monoisotopic (exact) mass is 554 g/mol. The molecule has 2 heterocycles. The van der Waals surface area contributed by atoms with Gasteiger partial charge in [-0.25, -0.2) is 18.4 Å². The van der Waals surface area contributed by atoms with Gasteiger partial charge in [-0.2, -0.15) is 18.6 Å². The van der Waals surface area contributed by atoms with Gasteiger partial charge in [-0.1, -0.05) is 11.3 Å². The molecule has 0 radical (unpaired) electrons. The van der Waals surface area contributed by atoms with Gasteiger partial charge >= 0.3 is 12.1 Å². The lowest BCUT2D eigenvalue weighted by atomic mass is 10.2. The summed E-state index contributed by atoms with van der Waals surface area (Å²) in [4.78, 5) is 31.6. The number of nitrogens with one attached hydrogen (secondary N) is 2. The van der Waals surface area contributed by atoms with Crippen molar-refractivity contribution in [2.75, 3.05) is 7.05 Å². The molecule has 2 aromatic heterocycles. The van der Waals surface area contributed by atoms with Crippen LogP contribution in [0.5, 0.6) is 5.75 Å². The van der Waals surface area contributed by atoms with Crippen LogP contribution in [0.4, 0.5) is 22.0 Å². The number of benzene rings is 1. The molecule has 36 heavy (non-hydrogen) atoms. The van der Waals surface area contributed by atoms with Crippen molar-refractivity contribution in [2.45, 2.75) is 30.0 Å². The van der Waals surface area contributed by atoms with Crippen molar-refractivity contribution in [2.24, 2.45) is 0 Å². The van der Waals surface area contributed by atoms with Crippen LogP contribution in [-0.4, -0.2) is 59.1 Å². The Morgan fingerprint density at radius 1 is 1.14 bits per heavy atom. The van der Waals surface area contributed by atoms with E-state index in [1.807, 2.05) is 0 Å². The number of halogens is 5. The minimum atomic E-state index is -5.36. The number of sulfone groups is 1. The zero-order chi connectivity index (χ0) is 26.8. The molecule has 1 aromatic carbocycles. The third-order valence-electron chi connectivity index (χ3n) is 4.37. The molecule has 0 bridgehead atoms. The van der Waals surface area contributed by atoms with Crippen LogP contribution in [0.2, 0.25) is 0 Å². The number of aromatic nitrogens is 4. The minimum Gasteiger partial charge on any atom is -0.406 e. The van der Waals surface area contributed by atoms with Crippen molar-refractivity contribution in [3.05, 3.63) is 47.0 Å². The molecule has 0 aliphatic carbocycles. The number of ether oxygens (including phenoxy) is 1. The zero-order valence-electron chi connectivity index (χ0n) is 18.1. The van der Waals surface area contributed by atoms with Gasteiger partial charge in [-0.3, -0.25) is 9.59 Å². The lowest BCUT2D eigenvalue weighted by molar-refractivity contribution is -0.274. The van der Waals surface area contributed by atoms with E-state index >= 15 is 0 Å². The Balaban J connectivity index is 1.92. The van der Waals surface area contributed by atoms with Crippen LogP contribution in [0.3, 0.4) is 0 Å². The fourth-order valence-electron chi connectivity index (χ4n) is 2.79. The highest BCUT2D eigenvalue weighted by Gasteiger charge is 2.34. The van der Waals surface area contributed by atoms with Gasteiger partial charge in [0, 0.05) is 12.6 Å². The normalized spacial score (nSPS) is 12.9. The minimum absolute atomic E-state index is 0.0873. The molecule has 3 aromatic rings. The average Bonchev–Trinajstić information content (AvgIpc) is 3.46. The summed E-state index contributed by atoms with van der Waals surface area (Å²) in [6.45, 7) is 1.42. The van der Waals surface area contributed by atoms with Gasteiger partial charge in [0.1, 0.15) is 17.0 Å². The molecule has 0 fully saturated rings. The molecule has 2 N–H and O–H groups in total. The fraction of sp³-hybridized carbons (Fsp3) is 0.278. The van der Waals surface area contributed by atoms with Crippen molar-refractivity contribution in [1.82, 2.24) is 30.4 Å². The summed E-state index contributed by atoms with van der Waals surface area (Å²) in [6.07, 6.45) is -2.89. The van der Waals surface area contributed by atoms with E-state index in [0.717, 1.165) is 17.7 Å². The number of rotatable bonds is 8. The number of carbonyl (C=O) groups is 2. The average molecular weight is 554 g/mol. The van der Waals surface area contributed by atoms with Crippen molar-refractivity contribution >= 4 is 33.0 Å². The third kappa shape index (κ3) is 5.93. The second-order valence-corrected chi connectivity index (χ2v) is 9.78. The van der Waals surface area contributed by atoms with Gasteiger partial charge in [0.25, 0.3) is 11.8 Å². The van der Waals surface area contributed by atoms with E-state index in [9.17, 15) is 40.0 Å². The summed E-state index contributed by atoms with van der Waals surface area (Å²) in [5.74, 6) is -6.58. The van der Waals surface area contributed by atoms with Gasteiger partial charge in [0.15, 0.2) is 5.82 Å². The van der Waals surface area contributed by atoms with E-state index in [-0.39, 0.29) is 21.9 Å². The summed E-state index contributed by atoms with van der Waals surface area (Å²) in [5, 5.41) is 8.96. The molecule has 1 atom stereocenters. The highest BCUT2D eigenvalue weighted by molar-refractivity contribution is 7.91. The Hall–Kier alpha value is -3.67. The van der Waals surface area contributed by atoms with Gasteiger partial charge in [-0.05, 0) is 25.1 Å². The predicted octanol–water partition coefficient (Wildman–Crippen LogP) is 2.47. The molecule has 0 saturated carbocycles. The van der Waals surface area contributed by atoms with Crippen molar-refractivity contribution in [3.8, 4) is 10.9 Å². The molecule has 0 aliphatic rings. The van der Waals surface area contributed by atoms with E-state index in [1.54, 1.807) is 0 Å². The lowest BCUT2D eigenvalue weighted by Gasteiger charge is -2.16. The first kappa shape index (κ1) is 26.9. The molecule has 0 unspecified atom stereocenters. The lowest BCUT2D eigenvalue weighted by Crippen LogP contribution is -2.29. The van der Waals surface area contributed by atoms with E-state index in [2.05, 4.69) is 30.4 Å². The van der Waals surface area contributed by atoms with Gasteiger partial charge in [0.2, 0.25) is 15.0 Å². The summed E-state index contributed by atoms with van der Waals surface area (Å²) in [5.41, 5.74) is -0.704. The Bertz CT molecular complexity index is 1390. The van der Waals surface area contributed by atoms with Crippen LogP contribution < -0.4 is 15.4 Å². The fourth-order valence-corrected chi connectivity index (χ4v) is 4.40. The number of hydrogen-bond acceptors (Lipinski definition) is 9. The summed E-state index contributed by atoms with van der Waals surface area (Å²) >= 11 is 0.949. The first-order valence-corrected chi connectivity index (χ1v) is 11.9. The first-order chi connectivity index (χ1) is 16.7. The van der Waals surface area contributed by atoms with E-state index < -0.39 is 56.0 Å². The SMILES string of the molecule is CNC(=O)c1cnc(-n2ncnc2[C@H](C)NC(=O)c2cc(OC(F)(F)F)cc(S(=O)(=O)C(F)F)c2)s1. The topological polar surface area (TPSA) is 145 Å². The van der Waals surface area contributed by atoms with Gasteiger partial charge in [0.05, 0.1) is 17.1 Å². The Kier molecular flexibility index (Phi) is 7.58. The standard InChI is InChI=1S/C18H15F5N6O5S2/c1-8(13-26-7-27-29(13)17-25-6-12(35-17)15(31)24-2)28-14(30)9-3-10(34-18(21,22)23)5-11(4-9)36(32,33)16(19)20/h3-8,16H,1-2H3,(H,24,31)(H,28,30)/t8-/m0/s1. The highest BCUT2D eigenvalue weighted by Crippen LogP contribution is 2.29. The number of alkyl halides is 5. The molecule has 0 aliphatic heterocycles. The maximum Gasteiger partial charge on any atom is 0.573 e. The number of hydrogen-bond donors (Lipinski definition) is 2. The zero-order valence-corrected chi connectivity index (χ0v) is 19.7. The van der Waals surface area contributed by atoms with Crippen molar-refractivity contribution < 1.29 is 44.7 Å². The van der Waals surface area contributed by atoms with Crippen LogP contribution in [0, 0.1) is 0 Å². The molecule has 0 spiro atoms. The maximum atomic E-state index is 13.0. The third-order valence-corrected chi connectivity index (χ3v) is 6.71. The molecule has 3 rings (SSSR count). The van der Waals surface area contributed by atoms with Gasteiger partial charge < -0.3 is 15.4 Å². The molecular formula is C18H15F5N6O5S2. The number of thiazole rings is 1. The Morgan fingerprint density at radius 2 is 1.83 bits per heavy atom. The number of nitrogens with zero attached hydrogens (tertiary/aromatic N) is 4. The van der Waals surface area contributed by atoms with Crippen molar-refractivity contribution in [1.29, 1.82) is 0 Å². The quantitative estimate of drug-likeness (QED) is 0.404. The smallest absolute Gasteiger partial charge is 0.406 e. The highest BCUT2D eigenvalue weighted by atomic mass is 32.2. The molecule has 0 saturated heterocycles. The Morgan fingerprint density at radius 3 is 2.44 bits per heavy atom. The van der Waals surface area contributed by atoms with Gasteiger partial charge in [-0.15, -0.1) is 13.2 Å². The predicted molar refractivity (Wildman–Crippen MR) is 113 cm³/mol. The summed E-state index contributed by atoms with van der Waals surface area (Å²) in [6, 6.07) is 0.280. The first-order valence-electron chi connectivity index (χ1n) is 9.55. The largest absolute Gasteiger partial charge is 0.573 e. The summed E-state index contributed by atoms with van der Waals surface area (Å²) in [7, 11) is -3.94. The maximum absolute atomic E-state index is 13.0. The molecule has 2 amide bonds. The second kappa shape index (κ2) is 10.1. The molecular weight excluding hydrogens is 539 g/mol. The summed E-state index contributed by atoms with van der Waals surface area (Å²) < 4.78 is 92.5. The molecule has 18 heteroatoms. The van der Waals surface area contributed by atoms with Crippen LogP contribution in [0.1, 0.15) is 38.8 Å². The number of carbonyl (C=O) groups excluding carboxylic acids is 2. The van der Waals surface area contributed by atoms with Crippen LogP contribution in [-0.2, 0) is 9.84 Å². The Labute approximate surface area is 203 Å². The van der Waals surface area contributed by atoms with Crippen LogP contribution in [0.15, 0.2) is 35.6 Å². The van der Waals surface area contributed by atoms with E-state index in [1.165, 1.54) is 24.9 Å². The molecule has 194 valence electrons. The van der Waals surface area contributed by atoms with E-state index in [0.29, 0.717) is 12.1 Å². The van der Waals surface area contributed by atoms with Crippen LogP contribution >= 0.6 is 11.3 Å².